The summed E-state index contributed by atoms with van der Waals surface area (Å²) >= 11 is 0. The first-order valence-electron chi connectivity index (χ1n) is 6.13. The van der Waals surface area contributed by atoms with Crippen molar-refractivity contribution in [1.29, 1.82) is 0 Å². The summed E-state index contributed by atoms with van der Waals surface area (Å²) < 4.78 is 0. The quantitative estimate of drug-likeness (QED) is 0.551. The van der Waals surface area contributed by atoms with E-state index in [0.29, 0.717) is 0 Å². The van der Waals surface area contributed by atoms with E-state index in [-0.39, 0.29) is 6.42 Å². The third kappa shape index (κ3) is 9.73. The molecular formula is C12H25NO2. The average molecular weight is 215 g/mol. The van der Waals surface area contributed by atoms with E-state index >= 15 is 0 Å². The second-order valence-corrected chi connectivity index (χ2v) is 4.12. The van der Waals surface area contributed by atoms with Crippen molar-refractivity contribution in [3.63, 3.8) is 0 Å². The number of nitrogens with one attached hydrogen (secondary N) is 1. The van der Waals surface area contributed by atoms with E-state index in [4.69, 9.17) is 5.11 Å². The second kappa shape index (κ2) is 9.97. The predicted molar refractivity (Wildman–Crippen MR) is 63.0 cm³/mol. The number of carbonyl (C=O) groups is 1. The summed E-state index contributed by atoms with van der Waals surface area (Å²) in [6.45, 7) is 6.30. The van der Waals surface area contributed by atoms with E-state index in [2.05, 4.69) is 19.2 Å². The Morgan fingerprint density at radius 2 is 2.07 bits per heavy atom. The maximum Gasteiger partial charge on any atom is 0.303 e. The maximum absolute atomic E-state index is 10.3. The van der Waals surface area contributed by atoms with Crippen LogP contribution in [-0.4, -0.2) is 24.2 Å². The van der Waals surface area contributed by atoms with Gasteiger partial charge in [0.15, 0.2) is 0 Å². The van der Waals surface area contributed by atoms with Crippen molar-refractivity contribution in [2.75, 3.05) is 13.1 Å². The number of unbranched alkanes of at least 4 members (excludes halogenated alkanes) is 1. The molecule has 0 aromatic heterocycles. The van der Waals surface area contributed by atoms with E-state index < -0.39 is 5.97 Å². The monoisotopic (exact) mass is 215 g/mol. The topological polar surface area (TPSA) is 49.3 Å². The van der Waals surface area contributed by atoms with Gasteiger partial charge in [0.2, 0.25) is 0 Å². The summed E-state index contributed by atoms with van der Waals surface area (Å²) in [6.07, 6.45) is 6.08. The first kappa shape index (κ1) is 14.4. The molecule has 0 spiro atoms. The van der Waals surface area contributed by atoms with Crippen molar-refractivity contribution in [2.24, 2.45) is 5.92 Å². The Labute approximate surface area is 93.3 Å². The van der Waals surface area contributed by atoms with Gasteiger partial charge in [0.1, 0.15) is 0 Å². The van der Waals surface area contributed by atoms with Gasteiger partial charge in [-0.25, -0.2) is 0 Å². The van der Waals surface area contributed by atoms with Crippen LogP contribution in [0.2, 0.25) is 0 Å². The van der Waals surface area contributed by atoms with Crippen LogP contribution >= 0.6 is 0 Å². The third-order valence-corrected chi connectivity index (χ3v) is 2.72. The molecule has 0 heterocycles. The normalized spacial score (nSPS) is 12.7. The minimum atomic E-state index is -0.699. The zero-order valence-electron chi connectivity index (χ0n) is 10.1. The first-order valence-corrected chi connectivity index (χ1v) is 6.13. The van der Waals surface area contributed by atoms with Gasteiger partial charge in [0, 0.05) is 6.42 Å². The smallest absolute Gasteiger partial charge is 0.303 e. The molecule has 3 nitrogen and oxygen atoms in total. The molecule has 0 aromatic carbocycles. The predicted octanol–water partition coefficient (Wildman–Crippen LogP) is 2.66. The SMILES string of the molecule is CCCCC(CC)CNCCCC(=O)O. The number of carboxylic acids is 1. The van der Waals surface area contributed by atoms with Crippen molar-refractivity contribution in [3.8, 4) is 0 Å². The van der Waals surface area contributed by atoms with Gasteiger partial charge >= 0.3 is 5.97 Å². The molecule has 0 aromatic rings. The van der Waals surface area contributed by atoms with Gasteiger partial charge in [-0.2, -0.15) is 0 Å². The zero-order valence-corrected chi connectivity index (χ0v) is 10.1. The largest absolute Gasteiger partial charge is 0.481 e. The minimum Gasteiger partial charge on any atom is -0.481 e. The number of carboxylic acid groups (broad SMARTS) is 1. The number of aliphatic carboxylic acids is 1. The molecule has 0 aliphatic rings. The number of rotatable bonds is 10. The van der Waals surface area contributed by atoms with E-state index in [1.807, 2.05) is 0 Å². The molecule has 0 saturated carbocycles. The highest BCUT2D eigenvalue weighted by Gasteiger charge is 2.04. The highest BCUT2D eigenvalue weighted by atomic mass is 16.4. The Morgan fingerprint density at radius 1 is 1.33 bits per heavy atom. The lowest BCUT2D eigenvalue weighted by atomic mass is 9.99. The van der Waals surface area contributed by atoms with Crippen molar-refractivity contribution in [1.82, 2.24) is 5.32 Å². The lowest BCUT2D eigenvalue weighted by Crippen LogP contribution is -2.24. The Balaban J connectivity index is 3.33. The summed E-state index contributed by atoms with van der Waals surface area (Å²) in [4.78, 5) is 10.3. The molecular weight excluding hydrogens is 190 g/mol. The lowest BCUT2D eigenvalue weighted by Gasteiger charge is -2.14. The second-order valence-electron chi connectivity index (χ2n) is 4.12. The van der Waals surface area contributed by atoms with Crippen molar-refractivity contribution in [2.45, 2.75) is 52.4 Å². The van der Waals surface area contributed by atoms with Gasteiger partial charge in [-0.15, -0.1) is 0 Å². The molecule has 0 rings (SSSR count). The van der Waals surface area contributed by atoms with Crippen LogP contribution in [0.5, 0.6) is 0 Å². The summed E-state index contributed by atoms with van der Waals surface area (Å²) in [6, 6.07) is 0. The van der Waals surface area contributed by atoms with Gasteiger partial charge in [-0.05, 0) is 31.8 Å². The summed E-state index contributed by atoms with van der Waals surface area (Å²) in [7, 11) is 0. The summed E-state index contributed by atoms with van der Waals surface area (Å²) in [5, 5.41) is 11.8. The maximum atomic E-state index is 10.3. The Kier molecular flexibility index (Phi) is 9.59. The molecule has 3 heteroatoms. The molecule has 90 valence electrons. The van der Waals surface area contributed by atoms with E-state index in [1.54, 1.807) is 0 Å². The van der Waals surface area contributed by atoms with Gasteiger partial charge in [-0.1, -0.05) is 33.1 Å². The fraction of sp³-hybridized carbons (Fsp3) is 0.917. The molecule has 0 saturated heterocycles. The lowest BCUT2D eigenvalue weighted by molar-refractivity contribution is -0.137. The first-order chi connectivity index (χ1) is 7.20. The van der Waals surface area contributed by atoms with Crippen LogP contribution in [0.1, 0.15) is 52.4 Å². The average Bonchev–Trinajstić information content (AvgIpc) is 2.21. The van der Waals surface area contributed by atoms with Crippen molar-refractivity contribution in [3.05, 3.63) is 0 Å². The molecule has 15 heavy (non-hydrogen) atoms. The molecule has 0 aliphatic heterocycles. The molecule has 1 unspecified atom stereocenters. The Hall–Kier alpha value is -0.570. The molecule has 0 bridgehead atoms. The fourth-order valence-electron chi connectivity index (χ4n) is 1.61. The van der Waals surface area contributed by atoms with Crippen molar-refractivity contribution < 1.29 is 9.90 Å². The van der Waals surface area contributed by atoms with Gasteiger partial charge < -0.3 is 10.4 Å². The van der Waals surface area contributed by atoms with Crippen LogP contribution in [0.3, 0.4) is 0 Å². The van der Waals surface area contributed by atoms with Crippen LogP contribution < -0.4 is 5.32 Å². The van der Waals surface area contributed by atoms with Gasteiger partial charge in [0.25, 0.3) is 0 Å². The number of hydrogen-bond acceptors (Lipinski definition) is 2. The van der Waals surface area contributed by atoms with Crippen LogP contribution in [0.4, 0.5) is 0 Å². The molecule has 0 amide bonds. The summed E-state index contributed by atoms with van der Waals surface area (Å²) in [5.41, 5.74) is 0. The van der Waals surface area contributed by atoms with E-state index in [0.717, 1.165) is 25.4 Å². The molecule has 0 aliphatic carbocycles. The highest BCUT2D eigenvalue weighted by Crippen LogP contribution is 2.10. The fourth-order valence-corrected chi connectivity index (χ4v) is 1.61. The Bertz CT molecular complexity index is 160. The van der Waals surface area contributed by atoms with Gasteiger partial charge in [0.05, 0.1) is 0 Å². The molecule has 0 radical (unpaired) electrons. The van der Waals surface area contributed by atoms with Crippen LogP contribution in [0.15, 0.2) is 0 Å². The third-order valence-electron chi connectivity index (χ3n) is 2.72. The number of hydrogen-bond donors (Lipinski definition) is 2. The molecule has 1 atom stereocenters. The molecule has 2 N–H and O–H groups in total. The highest BCUT2D eigenvalue weighted by molar-refractivity contribution is 5.66. The van der Waals surface area contributed by atoms with Crippen LogP contribution in [0.25, 0.3) is 0 Å². The zero-order chi connectivity index (χ0) is 11.5. The summed E-state index contributed by atoms with van der Waals surface area (Å²) in [5.74, 6) is 0.0598. The van der Waals surface area contributed by atoms with Crippen LogP contribution in [0, 0.1) is 5.92 Å². The standard InChI is InChI=1S/C12H25NO2/c1-3-5-7-11(4-2)10-13-9-6-8-12(14)15/h11,13H,3-10H2,1-2H3,(H,14,15). The van der Waals surface area contributed by atoms with Crippen molar-refractivity contribution >= 4 is 5.97 Å². The van der Waals surface area contributed by atoms with Crippen LogP contribution in [-0.2, 0) is 4.79 Å². The van der Waals surface area contributed by atoms with Gasteiger partial charge in [-0.3, -0.25) is 4.79 Å². The minimum absolute atomic E-state index is 0.277. The Morgan fingerprint density at radius 3 is 2.60 bits per heavy atom. The van der Waals surface area contributed by atoms with E-state index in [9.17, 15) is 4.79 Å². The van der Waals surface area contributed by atoms with E-state index in [1.165, 1.54) is 25.7 Å². The molecule has 0 fully saturated rings.